The highest BCUT2D eigenvalue weighted by molar-refractivity contribution is 5.94. The van der Waals surface area contributed by atoms with Crippen molar-refractivity contribution in [3.05, 3.63) is 80.7 Å². The minimum atomic E-state index is -0.679. The van der Waals surface area contributed by atoms with Crippen LogP contribution >= 0.6 is 0 Å². The van der Waals surface area contributed by atoms with Gasteiger partial charge in [0.2, 0.25) is 11.7 Å². The fourth-order valence-electron chi connectivity index (χ4n) is 3.42. The van der Waals surface area contributed by atoms with Gasteiger partial charge >= 0.3 is 11.1 Å². The Bertz CT molecular complexity index is 1390. The van der Waals surface area contributed by atoms with Crippen LogP contribution in [0.25, 0.3) is 22.4 Å². The Kier molecular flexibility index (Phi) is 5.72. The van der Waals surface area contributed by atoms with Crippen molar-refractivity contribution in [2.75, 3.05) is 0 Å². The molecule has 32 heavy (non-hydrogen) atoms. The van der Waals surface area contributed by atoms with E-state index >= 15 is 0 Å². The van der Waals surface area contributed by atoms with Crippen molar-refractivity contribution >= 4 is 16.9 Å². The lowest BCUT2D eigenvalue weighted by Crippen LogP contribution is -2.37. The van der Waals surface area contributed by atoms with Crippen molar-refractivity contribution in [3.63, 3.8) is 0 Å². The van der Waals surface area contributed by atoms with Crippen LogP contribution in [0.2, 0.25) is 0 Å². The Balaban J connectivity index is 1.62. The maximum Gasteiger partial charge on any atom is 0.316 e. The molecule has 0 spiro atoms. The van der Waals surface area contributed by atoms with E-state index in [0.717, 1.165) is 0 Å². The monoisotopic (exact) mass is 433 g/mol. The Morgan fingerprint density at radius 2 is 1.88 bits per heavy atom. The maximum absolute atomic E-state index is 12.4. The second-order valence-electron chi connectivity index (χ2n) is 8.01. The van der Waals surface area contributed by atoms with E-state index in [1.807, 2.05) is 19.9 Å². The van der Waals surface area contributed by atoms with Gasteiger partial charge in [-0.3, -0.25) is 14.4 Å². The molecule has 2 aromatic heterocycles. The Morgan fingerprint density at radius 1 is 1.12 bits per heavy atom. The number of carbonyl (C=O) groups excluding carboxylic acids is 1. The summed E-state index contributed by atoms with van der Waals surface area (Å²) in [4.78, 5) is 43.8. The van der Waals surface area contributed by atoms with Gasteiger partial charge in [0.1, 0.15) is 6.04 Å². The Hall–Kier alpha value is -4.01. The molecule has 0 aliphatic carbocycles. The maximum atomic E-state index is 12.4. The summed E-state index contributed by atoms with van der Waals surface area (Å²) in [6, 6.07) is 13.6. The number of benzene rings is 2. The van der Waals surface area contributed by atoms with E-state index in [2.05, 4.69) is 20.4 Å². The van der Waals surface area contributed by atoms with Crippen LogP contribution in [0.5, 0.6) is 0 Å². The molecule has 0 saturated carbocycles. The quantitative estimate of drug-likeness (QED) is 0.451. The lowest BCUT2D eigenvalue weighted by atomic mass is 10.1. The summed E-state index contributed by atoms with van der Waals surface area (Å²) in [5.41, 5.74) is 1.01. The number of H-pyrrole nitrogens is 1. The van der Waals surface area contributed by atoms with Gasteiger partial charge in [-0.1, -0.05) is 37.2 Å². The average Bonchev–Trinajstić information content (AvgIpc) is 3.27. The van der Waals surface area contributed by atoms with Gasteiger partial charge in [0, 0.05) is 17.7 Å². The van der Waals surface area contributed by atoms with Crippen molar-refractivity contribution in [1.82, 2.24) is 25.0 Å². The fourth-order valence-corrected chi connectivity index (χ4v) is 3.42. The van der Waals surface area contributed by atoms with Crippen LogP contribution in [-0.4, -0.2) is 25.6 Å². The van der Waals surface area contributed by atoms with E-state index in [1.165, 1.54) is 4.57 Å². The van der Waals surface area contributed by atoms with Crippen LogP contribution in [0, 0.1) is 5.92 Å². The topological polar surface area (TPSA) is 123 Å². The van der Waals surface area contributed by atoms with Gasteiger partial charge in [-0.2, -0.15) is 4.98 Å². The third-order valence-corrected chi connectivity index (χ3v) is 4.98. The zero-order valence-electron chi connectivity index (χ0n) is 18.0. The summed E-state index contributed by atoms with van der Waals surface area (Å²) in [7, 11) is 0. The molecule has 9 nitrogen and oxygen atoms in total. The number of rotatable bonds is 6. The number of amides is 1. The number of hydrogen-bond acceptors (Lipinski definition) is 6. The number of hydrogen-bond donors (Lipinski definition) is 2. The summed E-state index contributed by atoms with van der Waals surface area (Å²) < 4.78 is 6.82. The van der Waals surface area contributed by atoms with E-state index in [-0.39, 0.29) is 17.7 Å². The van der Waals surface area contributed by atoms with Gasteiger partial charge in [-0.05, 0) is 43.2 Å². The third-order valence-electron chi connectivity index (χ3n) is 4.98. The van der Waals surface area contributed by atoms with Crippen LogP contribution in [0.1, 0.15) is 43.1 Å². The first kappa shape index (κ1) is 21.2. The second kappa shape index (κ2) is 8.62. The van der Waals surface area contributed by atoms with E-state index in [0.29, 0.717) is 34.5 Å². The van der Waals surface area contributed by atoms with Crippen LogP contribution in [0.3, 0.4) is 0 Å². The number of carbonyl (C=O) groups is 1. The molecule has 9 heteroatoms. The van der Waals surface area contributed by atoms with Gasteiger partial charge in [-0.15, -0.1) is 0 Å². The Labute approximate surface area is 183 Å². The number of fused-ring (bicyclic) bond motifs is 1. The fraction of sp³-hybridized carbons (Fsp3) is 0.261. The van der Waals surface area contributed by atoms with Crippen LogP contribution in [0.4, 0.5) is 0 Å². The van der Waals surface area contributed by atoms with Crippen LogP contribution in [-0.2, 0) is 6.54 Å². The van der Waals surface area contributed by atoms with Crippen molar-refractivity contribution < 1.29 is 9.32 Å². The largest absolute Gasteiger partial charge is 0.341 e. The first-order chi connectivity index (χ1) is 15.3. The SMILES string of the molecule is CC(C)Cn1c(=O)c(=O)[nH]c2cc(-c3noc([C@@H](C)NC(=O)c4ccccc4)n3)ccc21. The summed E-state index contributed by atoms with van der Waals surface area (Å²) in [6.45, 7) is 6.14. The molecule has 4 aromatic rings. The van der Waals surface area contributed by atoms with Crippen molar-refractivity contribution in [2.24, 2.45) is 5.92 Å². The van der Waals surface area contributed by atoms with Gasteiger partial charge < -0.3 is 19.4 Å². The summed E-state index contributed by atoms with van der Waals surface area (Å²) in [5.74, 6) is 0.516. The number of aromatic nitrogens is 4. The molecule has 0 unspecified atom stereocenters. The summed E-state index contributed by atoms with van der Waals surface area (Å²) >= 11 is 0. The molecule has 0 bridgehead atoms. The lowest BCUT2D eigenvalue weighted by molar-refractivity contribution is 0.0932. The second-order valence-corrected chi connectivity index (χ2v) is 8.01. The minimum Gasteiger partial charge on any atom is -0.341 e. The standard InChI is InChI=1S/C23H23N5O4/c1-13(2)12-28-18-10-9-16(11-17(18)25-21(30)23(28)31)19-26-22(32-27-19)14(3)24-20(29)15-7-5-4-6-8-15/h4-11,13-14H,12H2,1-3H3,(H,24,29)(H,25,30)/t14-/m1/s1. The number of aromatic amines is 1. The smallest absolute Gasteiger partial charge is 0.316 e. The summed E-state index contributed by atoms with van der Waals surface area (Å²) in [6.07, 6.45) is 0. The average molecular weight is 433 g/mol. The van der Waals surface area contributed by atoms with Crippen molar-refractivity contribution in [1.29, 1.82) is 0 Å². The van der Waals surface area contributed by atoms with Gasteiger partial charge in [-0.25, -0.2) is 0 Å². The highest BCUT2D eigenvalue weighted by atomic mass is 16.5. The normalized spacial score (nSPS) is 12.2. The molecule has 2 aromatic carbocycles. The van der Waals surface area contributed by atoms with Gasteiger partial charge in [0.25, 0.3) is 5.91 Å². The predicted octanol–water partition coefficient (Wildman–Crippen LogP) is 2.89. The molecule has 0 fully saturated rings. The molecule has 0 aliphatic rings. The van der Waals surface area contributed by atoms with Crippen LogP contribution in [0.15, 0.2) is 62.6 Å². The van der Waals surface area contributed by atoms with Crippen LogP contribution < -0.4 is 16.4 Å². The Morgan fingerprint density at radius 3 is 2.59 bits per heavy atom. The molecule has 0 saturated heterocycles. The first-order valence-corrected chi connectivity index (χ1v) is 10.3. The molecule has 1 amide bonds. The third kappa shape index (κ3) is 4.22. The van der Waals surface area contributed by atoms with E-state index in [9.17, 15) is 14.4 Å². The highest BCUT2D eigenvalue weighted by Crippen LogP contribution is 2.22. The van der Waals surface area contributed by atoms with E-state index in [4.69, 9.17) is 4.52 Å². The zero-order chi connectivity index (χ0) is 22.8. The molecule has 2 N–H and O–H groups in total. The molecular weight excluding hydrogens is 410 g/mol. The molecule has 0 radical (unpaired) electrons. The van der Waals surface area contributed by atoms with E-state index < -0.39 is 17.2 Å². The zero-order valence-corrected chi connectivity index (χ0v) is 18.0. The molecule has 4 rings (SSSR count). The molecule has 1 atom stereocenters. The minimum absolute atomic E-state index is 0.199. The van der Waals surface area contributed by atoms with Gasteiger partial charge in [0.15, 0.2) is 0 Å². The summed E-state index contributed by atoms with van der Waals surface area (Å²) in [5, 5.41) is 6.83. The number of nitrogens with zero attached hydrogens (tertiary/aromatic N) is 3. The molecule has 164 valence electrons. The molecule has 2 heterocycles. The first-order valence-electron chi connectivity index (χ1n) is 10.3. The van der Waals surface area contributed by atoms with Crippen molar-refractivity contribution in [3.8, 4) is 11.4 Å². The number of nitrogens with one attached hydrogen (secondary N) is 2. The molecule has 0 aliphatic heterocycles. The molecular formula is C23H23N5O4. The van der Waals surface area contributed by atoms with Crippen molar-refractivity contribution in [2.45, 2.75) is 33.4 Å². The predicted molar refractivity (Wildman–Crippen MR) is 119 cm³/mol. The highest BCUT2D eigenvalue weighted by Gasteiger charge is 2.19. The van der Waals surface area contributed by atoms with E-state index in [1.54, 1.807) is 49.4 Å². The lowest BCUT2D eigenvalue weighted by Gasteiger charge is -2.12. The van der Waals surface area contributed by atoms with Gasteiger partial charge in [0.05, 0.1) is 11.0 Å².